The maximum Gasteiger partial charge on any atom is 0.419 e. The Hall–Kier alpha value is -5.47. The Morgan fingerprint density at radius 1 is 0.582 bits per heavy atom. The highest BCUT2D eigenvalue weighted by molar-refractivity contribution is 5.88. The van der Waals surface area contributed by atoms with Gasteiger partial charge in [0.1, 0.15) is 5.82 Å². The third-order valence-corrected chi connectivity index (χ3v) is 8.01. The molecule has 2 amide bonds. The molecular formula is C40H45F7N4O4. The van der Waals surface area contributed by atoms with E-state index in [0.29, 0.717) is 42.4 Å². The highest BCUT2D eigenvalue weighted by Gasteiger charge is 2.34. The van der Waals surface area contributed by atoms with E-state index in [0.717, 1.165) is 70.6 Å². The first-order chi connectivity index (χ1) is 25.8. The number of aryl methyl sites for hydroxylation is 4. The van der Waals surface area contributed by atoms with E-state index < -0.39 is 41.5 Å². The zero-order valence-electron chi connectivity index (χ0n) is 31.4. The van der Waals surface area contributed by atoms with Crippen LogP contribution in [0.5, 0.6) is 0 Å². The van der Waals surface area contributed by atoms with Crippen LogP contribution in [0.4, 0.5) is 63.1 Å². The van der Waals surface area contributed by atoms with Crippen molar-refractivity contribution in [3.8, 4) is 0 Å². The number of ether oxygens (including phenoxy) is 2. The van der Waals surface area contributed by atoms with Crippen molar-refractivity contribution in [2.45, 2.75) is 79.8 Å². The molecule has 0 saturated carbocycles. The van der Waals surface area contributed by atoms with E-state index in [2.05, 4.69) is 21.3 Å². The number of halogens is 7. The molecule has 0 radical (unpaired) electrons. The second kappa shape index (κ2) is 19.7. The summed E-state index contributed by atoms with van der Waals surface area (Å²) in [4.78, 5) is 23.5. The lowest BCUT2D eigenvalue weighted by molar-refractivity contribution is -0.140. The second-order valence-corrected chi connectivity index (χ2v) is 12.7. The minimum atomic E-state index is -4.72. The van der Waals surface area contributed by atoms with E-state index in [-0.39, 0.29) is 6.54 Å². The molecule has 0 atom stereocenters. The summed E-state index contributed by atoms with van der Waals surface area (Å²) < 4.78 is 99.4. The van der Waals surface area contributed by atoms with Crippen LogP contribution in [0.2, 0.25) is 0 Å². The third kappa shape index (κ3) is 13.7. The normalized spacial score (nSPS) is 11.2. The number of benzene rings is 4. The molecule has 298 valence electrons. The number of nitrogens with one attached hydrogen (secondary N) is 4. The average molecular weight is 779 g/mol. The molecule has 4 N–H and O–H groups in total. The van der Waals surface area contributed by atoms with Gasteiger partial charge in [-0.25, -0.2) is 14.0 Å². The molecule has 0 unspecified atom stereocenters. The molecule has 0 aromatic heterocycles. The van der Waals surface area contributed by atoms with Crippen LogP contribution in [-0.2, 0) is 34.9 Å². The van der Waals surface area contributed by atoms with Crippen LogP contribution < -0.4 is 21.3 Å². The van der Waals surface area contributed by atoms with Crippen molar-refractivity contribution >= 4 is 34.9 Å². The fourth-order valence-corrected chi connectivity index (χ4v) is 5.31. The van der Waals surface area contributed by atoms with E-state index in [1.165, 1.54) is 18.2 Å². The van der Waals surface area contributed by atoms with Gasteiger partial charge in [0.05, 0.1) is 24.3 Å². The smallest absolute Gasteiger partial charge is 0.419 e. The van der Waals surface area contributed by atoms with Gasteiger partial charge in [0.2, 0.25) is 0 Å². The maximum absolute atomic E-state index is 13.7. The SMILES string of the molecule is CCCOC(=O)Nc1c(C)cc(NCc2ccc(C(F)(F)F)c(F)c2)cc1C.CCCOC(=O)Nc1c(C)cc(NCc2ccc(C(F)(F)F)cc2)cc1C. The Bertz CT molecular complexity index is 1870. The molecule has 4 rings (SSSR count). The van der Waals surface area contributed by atoms with Gasteiger partial charge >= 0.3 is 24.5 Å². The van der Waals surface area contributed by atoms with Crippen LogP contribution in [-0.4, -0.2) is 25.4 Å². The summed E-state index contributed by atoms with van der Waals surface area (Å²) in [6.45, 7) is 12.4. The highest BCUT2D eigenvalue weighted by Crippen LogP contribution is 2.33. The monoisotopic (exact) mass is 778 g/mol. The predicted octanol–water partition coefficient (Wildman–Crippen LogP) is 11.9. The molecule has 0 fully saturated rings. The Balaban J connectivity index is 0.000000296. The summed E-state index contributed by atoms with van der Waals surface area (Å²) >= 11 is 0. The topological polar surface area (TPSA) is 101 Å². The van der Waals surface area contributed by atoms with Gasteiger partial charge in [0, 0.05) is 35.8 Å². The van der Waals surface area contributed by atoms with Gasteiger partial charge in [0.15, 0.2) is 0 Å². The van der Waals surface area contributed by atoms with Crippen LogP contribution in [0, 0.1) is 33.5 Å². The largest absolute Gasteiger partial charge is 0.449 e. The second-order valence-electron chi connectivity index (χ2n) is 12.7. The summed E-state index contributed by atoms with van der Waals surface area (Å²) in [5, 5.41) is 11.7. The Labute approximate surface area is 315 Å². The lowest BCUT2D eigenvalue weighted by Gasteiger charge is -2.15. The number of rotatable bonds is 12. The fourth-order valence-electron chi connectivity index (χ4n) is 5.31. The molecule has 55 heavy (non-hydrogen) atoms. The van der Waals surface area contributed by atoms with Crippen molar-refractivity contribution in [1.82, 2.24) is 0 Å². The summed E-state index contributed by atoms with van der Waals surface area (Å²) in [7, 11) is 0. The van der Waals surface area contributed by atoms with Crippen molar-refractivity contribution in [1.29, 1.82) is 0 Å². The number of hydrogen-bond acceptors (Lipinski definition) is 6. The summed E-state index contributed by atoms with van der Waals surface area (Å²) in [5.74, 6) is -1.30. The maximum atomic E-state index is 13.7. The molecule has 0 heterocycles. The molecule has 0 aliphatic carbocycles. The summed E-state index contributed by atoms with van der Waals surface area (Å²) in [6, 6.07) is 15.2. The average Bonchev–Trinajstić information content (AvgIpc) is 3.10. The number of hydrogen-bond donors (Lipinski definition) is 4. The zero-order valence-corrected chi connectivity index (χ0v) is 31.4. The molecule has 0 saturated heterocycles. The van der Waals surface area contributed by atoms with E-state index in [1.807, 2.05) is 53.7 Å². The van der Waals surface area contributed by atoms with Gasteiger partial charge in [-0.15, -0.1) is 0 Å². The Morgan fingerprint density at radius 3 is 1.35 bits per heavy atom. The minimum absolute atomic E-state index is 0.152. The molecular weight excluding hydrogens is 733 g/mol. The van der Waals surface area contributed by atoms with Gasteiger partial charge in [0.25, 0.3) is 0 Å². The standard InChI is InChI=1S/C20H22F4N2O2.C20H23F3N2O2/c1-4-7-28-19(27)26-18-12(2)8-15(9-13(18)3)25-11-14-5-6-16(17(21)10-14)20(22,23)24;1-4-9-27-19(26)25-18-13(2)10-17(11-14(18)3)24-12-15-5-7-16(8-6-15)20(21,22)23/h5-6,8-10,25H,4,7,11H2,1-3H3,(H,26,27);5-8,10-11,24H,4,9,12H2,1-3H3,(H,25,26). The first-order valence-corrected chi connectivity index (χ1v) is 17.4. The van der Waals surface area contributed by atoms with Crippen molar-refractivity contribution < 1.29 is 49.8 Å². The molecule has 0 spiro atoms. The predicted molar refractivity (Wildman–Crippen MR) is 200 cm³/mol. The van der Waals surface area contributed by atoms with Gasteiger partial charge in [-0.2, -0.15) is 26.3 Å². The Morgan fingerprint density at radius 2 is 0.982 bits per heavy atom. The van der Waals surface area contributed by atoms with Crippen LogP contribution in [0.25, 0.3) is 0 Å². The van der Waals surface area contributed by atoms with Gasteiger partial charge < -0.3 is 20.1 Å². The first kappa shape index (κ1) is 43.9. The van der Waals surface area contributed by atoms with E-state index in [1.54, 1.807) is 12.1 Å². The quantitative estimate of drug-likeness (QED) is 0.107. The van der Waals surface area contributed by atoms with Crippen molar-refractivity contribution in [3.63, 3.8) is 0 Å². The third-order valence-electron chi connectivity index (χ3n) is 8.01. The summed E-state index contributed by atoms with van der Waals surface area (Å²) in [5.41, 5.74) is 5.30. The van der Waals surface area contributed by atoms with Crippen LogP contribution in [0.3, 0.4) is 0 Å². The van der Waals surface area contributed by atoms with Gasteiger partial charge in [-0.1, -0.05) is 32.0 Å². The van der Waals surface area contributed by atoms with Crippen LogP contribution in [0.15, 0.2) is 66.7 Å². The van der Waals surface area contributed by atoms with E-state index in [4.69, 9.17) is 9.47 Å². The number of amides is 2. The zero-order chi connectivity index (χ0) is 40.9. The highest BCUT2D eigenvalue weighted by atomic mass is 19.4. The lowest BCUT2D eigenvalue weighted by atomic mass is 10.1. The molecule has 0 aliphatic heterocycles. The van der Waals surface area contributed by atoms with Gasteiger partial charge in [-0.3, -0.25) is 10.6 Å². The number of carbonyl (C=O) groups excluding carboxylic acids is 2. The molecule has 0 aliphatic rings. The first-order valence-electron chi connectivity index (χ1n) is 17.4. The van der Waals surface area contributed by atoms with Crippen LogP contribution >= 0.6 is 0 Å². The van der Waals surface area contributed by atoms with Gasteiger partial charge in [-0.05, 0) is 122 Å². The van der Waals surface area contributed by atoms with Crippen LogP contribution in [0.1, 0.15) is 71.2 Å². The van der Waals surface area contributed by atoms with Crippen molar-refractivity contribution in [2.75, 3.05) is 34.5 Å². The molecule has 4 aromatic carbocycles. The fraction of sp³-hybridized carbons (Fsp3) is 0.350. The number of carbonyl (C=O) groups is 2. The van der Waals surface area contributed by atoms with Crippen molar-refractivity contribution in [2.24, 2.45) is 0 Å². The van der Waals surface area contributed by atoms with E-state index in [9.17, 15) is 40.3 Å². The number of anilines is 4. The molecule has 4 aromatic rings. The van der Waals surface area contributed by atoms with E-state index >= 15 is 0 Å². The molecule has 8 nitrogen and oxygen atoms in total. The molecule has 0 bridgehead atoms. The lowest BCUT2D eigenvalue weighted by Crippen LogP contribution is -2.16. The summed E-state index contributed by atoms with van der Waals surface area (Å²) in [6.07, 6.45) is -8.61. The molecule has 15 heteroatoms. The minimum Gasteiger partial charge on any atom is -0.449 e. The van der Waals surface area contributed by atoms with Crippen molar-refractivity contribution in [3.05, 3.63) is 117 Å². The number of alkyl halides is 6. The Kier molecular flexibility index (Phi) is 15.8.